The molecule has 3 heterocycles. The standard InChI is InChI=1S/C25H31N5O5/c1-4-35-24(31)22-18(16-29-11-13-30(14-12-29)21-7-5-6-10-26-21)27-25(32)28-23(22)17-8-9-19(33-2)20(15-17)34-3/h5-10,15,23H,4,11-14,16H2,1-3H3,(H2,27,28,32)/t23-/m1/s1. The highest BCUT2D eigenvalue weighted by Crippen LogP contribution is 2.34. The molecule has 2 aliphatic heterocycles. The number of nitrogens with one attached hydrogen (secondary N) is 2. The van der Waals surface area contributed by atoms with E-state index in [0.717, 1.165) is 32.0 Å². The first-order valence-electron chi connectivity index (χ1n) is 11.6. The van der Waals surface area contributed by atoms with Gasteiger partial charge >= 0.3 is 12.0 Å². The van der Waals surface area contributed by atoms with E-state index in [9.17, 15) is 9.59 Å². The van der Waals surface area contributed by atoms with Gasteiger partial charge in [0.15, 0.2) is 11.5 Å². The van der Waals surface area contributed by atoms with Gasteiger partial charge in [0.2, 0.25) is 0 Å². The van der Waals surface area contributed by atoms with Crippen LogP contribution < -0.4 is 25.0 Å². The summed E-state index contributed by atoms with van der Waals surface area (Å²) in [6.07, 6.45) is 1.79. The van der Waals surface area contributed by atoms with Crippen molar-refractivity contribution in [1.82, 2.24) is 20.5 Å². The van der Waals surface area contributed by atoms with Crippen LogP contribution in [0.1, 0.15) is 18.5 Å². The normalized spacial score (nSPS) is 18.5. The summed E-state index contributed by atoms with van der Waals surface area (Å²) in [6.45, 7) is 5.53. The summed E-state index contributed by atoms with van der Waals surface area (Å²) < 4.78 is 16.1. The van der Waals surface area contributed by atoms with Crippen molar-refractivity contribution in [1.29, 1.82) is 0 Å². The number of carbonyl (C=O) groups excluding carboxylic acids is 2. The van der Waals surface area contributed by atoms with Crippen LogP contribution in [-0.4, -0.2) is 75.4 Å². The minimum Gasteiger partial charge on any atom is -0.493 e. The van der Waals surface area contributed by atoms with E-state index in [2.05, 4.69) is 25.4 Å². The van der Waals surface area contributed by atoms with Crippen molar-refractivity contribution >= 4 is 17.8 Å². The number of pyridine rings is 1. The van der Waals surface area contributed by atoms with Crippen molar-refractivity contribution in [3.05, 3.63) is 59.4 Å². The maximum atomic E-state index is 13.1. The van der Waals surface area contributed by atoms with E-state index in [1.807, 2.05) is 18.2 Å². The molecule has 0 radical (unpaired) electrons. The number of nitrogens with zero attached hydrogens (tertiary/aromatic N) is 3. The number of piperazine rings is 1. The van der Waals surface area contributed by atoms with Gasteiger partial charge in [0.05, 0.1) is 32.4 Å². The molecule has 10 heteroatoms. The molecule has 0 unspecified atom stereocenters. The fourth-order valence-electron chi connectivity index (χ4n) is 4.37. The lowest BCUT2D eigenvalue weighted by Crippen LogP contribution is -2.52. The summed E-state index contributed by atoms with van der Waals surface area (Å²) in [4.78, 5) is 34.6. The Balaban J connectivity index is 1.60. The van der Waals surface area contributed by atoms with Gasteiger partial charge in [-0.25, -0.2) is 14.6 Å². The van der Waals surface area contributed by atoms with Crippen LogP contribution >= 0.6 is 0 Å². The number of esters is 1. The van der Waals surface area contributed by atoms with Gasteiger partial charge in [0.1, 0.15) is 5.82 Å². The highest BCUT2D eigenvalue weighted by Gasteiger charge is 2.35. The van der Waals surface area contributed by atoms with E-state index in [1.165, 1.54) is 0 Å². The quantitative estimate of drug-likeness (QED) is 0.553. The molecule has 35 heavy (non-hydrogen) atoms. The molecular formula is C25H31N5O5. The second-order valence-corrected chi connectivity index (χ2v) is 8.21. The molecular weight excluding hydrogens is 450 g/mol. The molecule has 2 N–H and O–H groups in total. The van der Waals surface area contributed by atoms with Crippen molar-refractivity contribution in [3.8, 4) is 11.5 Å². The van der Waals surface area contributed by atoms with Gasteiger partial charge in [-0.05, 0) is 36.8 Å². The first-order valence-corrected chi connectivity index (χ1v) is 11.6. The predicted molar refractivity (Wildman–Crippen MR) is 131 cm³/mol. The summed E-state index contributed by atoms with van der Waals surface area (Å²) in [5.74, 6) is 1.54. The molecule has 4 rings (SSSR count). The third kappa shape index (κ3) is 5.48. The van der Waals surface area contributed by atoms with E-state index >= 15 is 0 Å². The highest BCUT2D eigenvalue weighted by atomic mass is 16.5. The Morgan fingerprint density at radius 2 is 1.86 bits per heavy atom. The first kappa shape index (κ1) is 24.3. The van der Waals surface area contributed by atoms with Gasteiger partial charge in [-0.1, -0.05) is 12.1 Å². The molecule has 1 aromatic carbocycles. The lowest BCUT2D eigenvalue weighted by Gasteiger charge is -2.37. The maximum Gasteiger partial charge on any atom is 0.338 e. The molecule has 0 saturated carbocycles. The zero-order valence-electron chi connectivity index (χ0n) is 20.2. The number of rotatable bonds is 8. The summed E-state index contributed by atoms with van der Waals surface area (Å²) in [6, 6.07) is 10.1. The average Bonchev–Trinajstić information content (AvgIpc) is 2.89. The fraction of sp³-hybridized carbons (Fsp3) is 0.400. The minimum atomic E-state index is -0.688. The molecule has 2 amide bonds. The molecule has 186 valence electrons. The first-order chi connectivity index (χ1) is 17.0. The van der Waals surface area contributed by atoms with Crippen LogP contribution in [0.15, 0.2) is 53.9 Å². The number of carbonyl (C=O) groups is 2. The molecule has 2 aliphatic rings. The molecule has 0 aliphatic carbocycles. The van der Waals surface area contributed by atoms with E-state index in [1.54, 1.807) is 45.5 Å². The largest absolute Gasteiger partial charge is 0.493 e. The summed E-state index contributed by atoms with van der Waals surface area (Å²) in [5, 5.41) is 5.72. The zero-order chi connectivity index (χ0) is 24.8. The molecule has 1 aromatic heterocycles. The fourth-order valence-corrected chi connectivity index (χ4v) is 4.37. The Bertz CT molecular complexity index is 1080. The Morgan fingerprint density at radius 1 is 1.09 bits per heavy atom. The van der Waals surface area contributed by atoms with Gasteiger partial charge in [0, 0.05) is 44.6 Å². The number of urea groups is 1. The predicted octanol–water partition coefficient (Wildman–Crippen LogP) is 2.09. The number of hydrogen-bond donors (Lipinski definition) is 2. The number of anilines is 1. The smallest absolute Gasteiger partial charge is 0.338 e. The molecule has 1 saturated heterocycles. The van der Waals surface area contributed by atoms with Crippen LogP contribution in [0.4, 0.5) is 10.6 Å². The zero-order valence-corrected chi connectivity index (χ0v) is 20.2. The number of amides is 2. The van der Waals surface area contributed by atoms with Crippen molar-refractivity contribution in [3.63, 3.8) is 0 Å². The second kappa shape index (κ2) is 11.1. The number of ether oxygens (including phenoxy) is 3. The van der Waals surface area contributed by atoms with Gasteiger partial charge < -0.3 is 29.7 Å². The highest BCUT2D eigenvalue weighted by molar-refractivity contribution is 5.95. The third-order valence-corrected chi connectivity index (χ3v) is 6.12. The molecule has 1 atom stereocenters. The van der Waals surface area contributed by atoms with E-state index in [0.29, 0.717) is 34.9 Å². The summed E-state index contributed by atoms with van der Waals surface area (Å²) >= 11 is 0. The van der Waals surface area contributed by atoms with Gasteiger partial charge in [-0.3, -0.25) is 4.90 Å². The number of benzene rings is 1. The monoisotopic (exact) mass is 481 g/mol. The van der Waals surface area contributed by atoms with E-state index in [4.69, 9.17) is 14.2 Å². The lowest BCUT2D eigenvalue weighted by molar-refractivity contribution is -0.139. The molecule has 0 spiro atoms. The molecule has 0 bridgehead atoms. The molecule has 2 aromatic rings. The van der Waals surface area contributed by atoms with Gasteiger partial charge in [-0.15, -0.1) is 0 Å². The summed E-state index contributed by atoms with van der Waals surface area (Å²) in [7, 11) is 3.10. The average molecular weight is 482 g/mol. The van der Waals surface area contributed by atoms with Gasteiger partial charge in [0.25, 0.3) is 0 Å². The Labute approximate surface area is 204 Å². The Kier molecular flexibility index (Phi) is 7.71. The van der Waals surface area contributed by atoms with Crippen LogP contribution in [0.3, 0.4) is 0 Å². The Hall–Kier alpha value is -3.79. The number of hydrogen-bond acceptors (Lipinski definition) is 8. The minimum absolute atomic E-state index is 0.227. The molecule has 1 fully saturated rings. The van der Waals surface area contributed by atoms with Crippen molar-refractivity contribution in [2.45, 2.75) is 13.0 Å². The lowest BCUT2D eigenvalue weighted by atomic mass is 9.94. The third-order valence-electron chi connectivity index (χ3n) is 6.12. The van der Waals surface area contributed by atoms with Crippen molar-refractivity contribution < 1.29 is 23.8 Å². The number of aromatic nitrogens is 1. The van der Waals surface area contributed by atoms with Crippen molar-refractivity contribution in [2.75, 3.05) is 58.5 Å². The SMILES string of the molecule is CCOC(=O)C1=C(CN2CCN(c3ccccn3)CC2)NC(=O)N[C@@H]1c1ccc(OC)c(OC)c1. The van der Waals surface area contributed by atoms with E-state index < -0.39 is 12.0 Å². The second-order valence-electron chi connectivity index (χ2n) is 8.21. The van der Waals surface area contributed by atoms with E-state index in [-0.39, 0.29) is 12.6 Å². The molecule has 10 nitrogen and oxygen atoms in total. The van der Waals surface area contributed by atoms with Crippen LogP contribution in [0.25, 0.3) is 0 Å². The van der Waals surface area contributed by atoms with Crippen molar-refractivity contribution in [2.24, 2.45) is 0 Å². The Morgan fingerprint density at radius 3 is 2.51 bits per heavy atom. The van der Waals surface area contributed by atoms with Gasteiger partial charge in [-0.2, -0.15) is 0 Å². The number of methoxy groups -OCH3 is 2. The summed E-state index contributed by atoms with van der Waals surface area (Å²) in [5.41, 5.74) is 1.61. The van der Waals surface area contributed by atoms with Crippen LogP contribution in [-0.2, 0) is 9.53 Å². The van der Waals surface area contributed by atoms with Crippen LogP contribution in [0, 0.1) is 0 Å². The topological polar surface area (TPSA) is 105 Å². The van der Waals surface area contributed by atoms with Crippen LogP contribution in [0.2, 0.25) is 0 Å². The maximum absolute atomic E-state index is 13.1. The van der Waals surface area contributed by atoms with Crippen LogP contribution in [0.5, 0.6) is 11.5 Å².